The number of carbonyl (C=O) groups is 1. The van der Waals surface area contributed by atoms with E-state index in [1.54, 1.807) is 6.92 Å². The first kappa shape index (κ1) is 13.1. The second kappa shape index (κ2) is 5.52. The van der Waals surface area contributed by atoms with E-state index in [2.05, 4.69) is 0 Å². The van der Waals surface area contributed by atoms with Gasteiger partial charge in [0.05, 0.1) is 5.56 Å². The average Bonchev–Trinajstić information content (AvgIpc) is 2.38. The molecule has 2 aromatic rings. The van der Waals surface area contributed by atoms with Gasteiger partial charge in [-0.05, 0) is 30.2 Å². The molecule has 2 rings (SSSR count). The van der Waals surface area contributed by atoms with Crippen LogP contribution in [0.15, 0.2) is 42.5 Å². The van der Waals surface area contributed by atoms with Crippen LogP contribution in [0, 0.1) is 12.7 Å². The number of rotatable bonds is 4. The van der Waals surface area contributed by atoms with E-state index in [4.69, 9.17) is 9.84 Å². The number of hydrogen-bond donors (Lipinski definition) is 1. The summed E-state index contributed by atoms with van der Waals surface area (Å²) in [7, 11) is 0. The summed E-state index contributed by atoms with van der Waals surface area (Å²) in [4.78, 5) is 11.0. The van der Waals surface area contributed by atoms with Gasteiger partial charge in [-0.1, -0.05) is 30.3 Å². The van der Waals surface area contributed by atoms with E-state index in [9.17, 15) is 9.18 Å². The van der Waals surface area contributed by atoms with Crippen LogP contribution in [-0.4, -0.2) is 11.1 Å². The molecule has 1 N–H and O–H groups in total. The molecule has 0 fully saturated rings. The summed E-state index contributed by atoms with van der Waals surface area (Å²) in [5, 5.41) is 8.99. The van der Waals surface area contributed by atoms with Gasteiger partial charge in [0.2, 0.25) is 0 Å². The van der Waals surface area contributed by atoms with Crippen LogP contribution in [0.3, 0.4) is 0 Å². The molecule has 0 saturated heterocycles. The maximum absolute atomic E-state index is 13.7. The van der Waals surface area contributed by atoms with Crippen molar-refractivity contribution in [1.82, 2.24) is 0 Å². The van der Waals surface area contributed by atoms with Crippen LogP contribution in [0.4, 0.5) is 4.39 Å². The molecule has 0 bridgehead atoms. The highest BCUT2D eigenvalue weighted by molar-refractivity contribution is 5.89. The first-order valence-corrected chi connectivity index (χ1v) is 5.78. The predicted molar refractivity (Wildman–Crippen MR) is 68.9 cm³/mol. The maximum Gasteiger partial charge on any atom is 0.336 e. The van der Waals surface area contributed by atoms with Gasteiger partial charge in [-0.2, -0.15) is 0 Å². The number of halogens is 1. The van der Waals surface area contributed by atoms with E-state index < -0.39 is 11.8 Å². The van der Waals surface area contributed by atoms with Gasteiger partial charge < -0.3 is 9.84 Å². The van der Waals surface area contributed by atoms with Gasteiger partial charge in [0.25, 0.3) is 0 Å². The zero-order chi connectivity index (χ0) is 13.8. The lowest BCUT2D eigenvalue weighted by atomic mass is 10.1. The summed E-state index contributed by atoms with van der Waals surface area (Å²) in [5.41, 5.74) is 1.31. The Bertz CT molecular complexity index is 594. The summed E-state index contributed by atoms with van der Waals surface area (Å²) >= 11 is 0. The third-order valence-corrected chi connectivity index (χ3v) is 2.75. The summed E-state index contributed by atoms with van der Waals surface area (Å²) < 4.78 is 19.0. The number of aryl methyl sites for hydroxylation is 1. The number of ether oxygens (including phenoxy) is 1. The largest absolute Gasteiger partial charge is 0.486 e. The summed E-state index contributed by atoms with van der Waals surface area (Å²) in [5.74, 6) is -1.70. The van der Waals surface area contributed by atoms with Gasteiger partial charge >= 0.3 is 5.97 Å². The zero-order valence-electron chi connectivity index (χ0n) is 10.4. The van der Waals surface area contributed by atoms with E-state index in [1.165, 1.54) is 12.1 Å². The molecule has 19 heavy (non-hydrogen) atoms. The fourth-order valence-corrected chi connectivity index (χ4v) is 1.73. The highest BCUT2D eigenvalue weighted by atomic mass is 19.1. The summed E-state index contributed by atoms with van der Waals surface area (Å²) in [6, 6.07) is 11.7. The minimum Gasteiger partial charge on any atom is -0.486 e. The van der Waals surface area contributed by atoms with Crippen LogP contribution in [0.5, 0.6) is 5.75 Å². The highest BCUT2D eigenvalue weighted by Crippen LogP contribution is 2.23. The number of aromatic carboxylic acids is 1. The monoisotopic (exact) mass is 260 g/mol. The molecule has 0 aromatic heterocycles. The van der Waals surface area contributed by atoms with Crippen LogP contribution in [0.25, 0.3) is 0 Å². The van der Waals surface area contributed by atoms with Crippen molar-refractivity contribution in [3.8, 4) is 5.75 Å². The smallest absolute Gasteiger partial charge is 0.336 e. The standard InChI is InChI=1S/C15H13FO3/c1-10-7-13(16)14(8-12(10)15(17)18)19-9-11-5-3-2-4-6-11/h2-8H,9H2,1H3,(H,17,18). The van der Waals surface area contributed by atoms with Crippen molar-refractivity contribution in [3.05, 3.63) is 65.0 Å². The quantitative estimate of drug-likeness (QED) is 0.916. The zero-order valence-corrected chi connectivity index (χ0v) is 10.4. The van der Waals surface area contributed by atoms with Crippen molar-refractivity contribution in [3.63, 3.8) is 0 Å². The van der Waals surface area contributed by atoms with Crippen molar-refractivity contribution in [1.29, 1.82) is 0 Å². The molecule has 0 aliphatic carbocycles. The average molecular weight is 260 g/mol. The predicted octanol–water partition coefficient (Wildman–Crippen LogP) is 3.41. The van der Waals surface area contributed by atoms with Crippen molar-refractivity contribution >= 4 is 5.97 Å². The summed E-state index contributed by atoms with van der Waals surface area (Å²) in [6.07, 6.45) is 0. The Balaban J connectivity index is 2.21. The Morgan fingerprint density at radius 1 is 1.26 bits per heavy atom. The van der Waals surface area contributed by atoms with Crippen molar-refractivity contribution < 1.29 is 19.0 Å². The Kier molecular flexibility index (Phi) is 3.80. The van der Waals surface area contributed by atoms with Crippen LogP contribution < -0.4 is 4.74 Å². The number of carboxylic acid groups (broad SMARTS) is 1. The van der Waals surface area contributed by atoms with E-state index >= 15 is 0 Å². The molecule has 0 atom stereocenters. The second-order valence-corrected chi connectivity index (χ2v) is 4.18. The van der Waals surface area contributed by atoms with Gasteiger partial charge in [-0.15, -0.1) is 0 Å². The molecule has 0 heterocycles. The third kappa shape index (κ3) is 3.10. The molecular weight excluding hydrogens is 247 g/mol. The fraction of sp³-hybridized carbons (Fsp3) is 0.133. The molecule has 4 heteroatoms. The number of hydrogen-bond acceptors (Lipinski definition) is 2. The lowest BCUT2D eigenvalue weighted by Crippen LogP contribution is -2.04. The topological polar surface area (TPSA) is 46.5 Å². The van der Waals surface area contributed by atoms with Crippen molar-refractivity contribution in [2.45, 2.75) is 13.5 Å². The highest BCUT2D eigenvalue weighted by Gasteiger charge is 2.13. The lowest BCUT2D eigenvalue weighted by molar-refractivity contribution is 0.0695. The molecule has 0 spiro atoms. The van der Waals surface area contributed by atoms with Crippen molar-refractivity contribution in [2.24, 2.45) is 0 Å². The van der Waals surface area contributed by atoms with E-state index in [0.717, 1.165) is 5.56 Å². The van der Waals surface area contributed by atoms with Crippen LogP contribution in [-0.2, 0) is 6.61 Å². The molecule has 98 valence electrons. The minimum atomic E-state index is -1.10. The van der Waals surface area contributed by atoms with Gasteiger partial charge in [0.15, 0.2) is 11.6 Å². The SMILES string of the molecule is Cc1cc(F)c(OCc2ccccc2)cc1C(=O)O. The van der Waals surface area contributed by atoms with Crippen LogP contribution >= 0.6 is 0 Å². The normalized spacial score (nSPS) is 10.2. The molecule has 0 aliphatic heterocycles. The first-order chi connectivity index (χ1) is 9.08. The third-order valence-electron chi connectivity index (χ3n) is 2.75. The first-order valence-electron chi connectivity index (χ1n) is 5.78. The van der Waals surface area contributed by atoms with Gasteiger partial charge in [0, 0.05) is 0 Å². The number of carboxylic acids is 1. The molecule has 2 aromatic carbocycles. The van der Waals surface area contributed by atoms with Crippen LogP contribution in [0.1, 0.15) is 21.5 Å². The summed E-state index contributed by atoms with van der Waals surface area (Å²) in [6.45, 7) is 1.74. The lowest BCUT2D eigenvalue weighted by Gasteiger charge is -2.10. The Morgan fingerprint density at radius 3 is 2.58 bits per heavy atom. The maximum atomic E-state index is 13.7. The van der Waals surface area contributed by atoms with Crippen molar-refractivity contribution in [2.75, 3.05) is 0 Å². The number of benzene rings is 2. The fourth-order valence-electron chi connectivity index (χ4n) is 1.73. The van der Waals surface area contributed by atoms with Gasteiger partial charge in [-0.3, -0.25) is 0 Å². The molecule has 0 saturated carbocycles. The Morgan fingerprint density at radius 2 is 1.95 bits per heavy atom. The second-order valence-electron chi connectivity index (χ2n) is 4.18. The van der Waals surface area contributed by atoms with Gasteiger partial charge in [-0.25, -0.2) is 9.18 Å². The van der Waals surface area contributed by atoms with E-state index in [1.807, 2.05) is 30.3 Å². The minimum absolute atomic E-state index is 0.0458. The van der Waals surface area contributed by atoms with E-state index in [0.29, 0.717) is 5.56 Å². The molecule has 3 nitrogen and oxygen atoms in total. The van der Waals surface area contributed by atoms with Gasteiger partial charge in [0.1, 0.15) is 6.61 Å². The van der Waals surface area contributed by atoms with Crippen LogP contribution in [0.2, 0.25) is 0 Å². The molecule has 0 radical (unpaired) electrons. The molecule has 0 aliphatic rings. The molecule has 0 amide bonds. The van der Waals surface area contributed by atoms with E-state index in [-0.39, 0.29) is 17.9 Å². The Labute approximate surface area is 110 Å². The molecular formula is C15H13FO3. The molecule has 0 unspecified atom stereocenters. The Hall–Kier alpha value is -2.36.